The van der Waals surface area contributed by atoms with Gasteiger partial charge in [-0.3, -0.25) is 9.36 Å². The molecule has 0 radical (unpaired) electrons. The predicted octanol–water partition coefficient (Wildman–Crippen LogP) is 3.90. The number of hydrogen-bond acceptors (Lipinski definition) is 5. The summed E-state index contributed by atoms with van der Waals surface area (Å²) in [5.74, 6) is 0.789. The Balaban J connectivity index is 1.45. The molecule has 1 aliphatic rings. The molecule has 3 aromatic rings. The second-order valence-electron chi connectivity index (χ2n) is 6.17. The molecule has 0 saturated heterocycles. The van der Waals surface area contributed by atoms with Crippen molar-refractivity contribution in [3.05, 3.63) is 60.7 Å². The maximum absolute atomic E-state index is 13.5. The number of carbonyl (C=O) groups excluding carboxylic acids is 1. The minimum Gasteiger partial charge on any atom is -0.486 e. The van der Waals surface area contributed by atoms with Crippen LogP contribution in [0.4, 0.5) is 10.1 Å². The van der Waals surface area contributed by atoms with Crippen molar-refractivity contribution in [1.29, 1.82) is 0 Å². The predicted molar refractivity (Wildman–Crippen MR) is 105 cm³/mol. The third kappa shape index (κ3) is 3.96. The zero-order valence-corrected chi connectivity index (χ0v) is 15.9. The lowest BCUT2D eigenvalue weighted by atomic mass is 10.2. The van der Waals surface area contributed by atoms with Crippen molar-refractivity contribution in [1.82, 2.24) is 9.55 Å². The first-order valence-corrected chi connectivity index (χ1v) is 9.64. The summed E-state index contributed by atoms with van der Waals surface area (Å²) in [5.41, 5.74) is 1.29. The first kappa shape index (κ1) is 18.4. The van der Waals surface area contributed by atoms with Crippen molar-refractivity contribution in [3.63, 3.8) is 0 Å². The van der Waals surface area contributed by atoms with Gasteiger partial charge >= 0.3 is 0 Å². The highest BCUT2D eigenvalue weighted by Gasteiger charge is 2.19. The van der Waals surface area contributed by atoms with Crippen molar-refractivity contribution < 1.29 is 18.7 Å². The molecular formula is C20H18FN3O3S. The van der Waals surface area contributed by atoms with Crippen molar-refractivity contribution >= 4 is 23.4 Å². The molecule has 0 spiro atoms. The van der Waals surface area contributed by atoms with Crippen molar-refractivity contribution in [2.45, 2.75) is 17.3 Å². The smallest absolute Gasteiger partial charge is 0.237 e. The molecule has 2 aromatic carbocycles. The molecular weight excluding hydrogens is 381 g/mol. The van der Waals surface area contributed by atoms with Gasteiger partial charge in [-0.15, -0.1) is 0 Å². The molecule has 8 heteroatoms. The molecule has 0 bridgehead atoms. The number of hydrogen-bond donors (Lipinski definition) is 1. The van der Waals surface area contributed by atoms with E-state index in [0.717, 1.165) is 0 Å². The van der Waals surface area contributed by atoms with Gasteiger partial charge in [0.1, 0.15) is 19.0 Å². The van der Waals surface area contributed by atoms with Crippen LogP contribution in [0.1, 0.15) is 6.92 Å². The fourth-order valence-corrected chi connectivity index (χ4v) is 3.66. The molecule has 1 aliphatic heterocycles. The van der Waals surface area contributed by atoms with Crippen LogP contribution in [0.25, 0.3) is 5.69 Å². The molecule has 6 nitrogen and oxygen atoms in total. The standard InChI is InChI=1S/C20H18FN3O3S/c1-13(19(25)23-15-5-6-17-18(12-15)27-10-9-26-17)28-20-22-7-8-24(20)16-4-2-3-14(21)11-16/h2-8,11-13H,9-10H2,1H3,(H,23,25). The number of halogens is 1. The SMILES string of the molecule is CC(Sc1nccn1-c1cccc(F)c1)C(=O)Nc1ccc2c(c1)OCCO2. The minimum atomic E-state index is -0.414. The Kier molecular flexibility index (Phi) is 5.21. The van der Waals surface area contributed by atoms with Gasteiger partial charge in [0.2, 0.25) is 5.91 Å². The van der Waals surface area contributed by atoms with Gasteiger partial charge < -0.3 is 14.8 Å². The van der Waals surface area contributed by atoms with Crippen LogP contribution in [-0.4, -0.2) is 33.9 Å². The van der Waals surface area contributed by atoms with Gasteiger partial charge in [0.25, 0.3) is 0 Å². The van der Waals surface area contributed by atoms with E-state index in [9.17, 15) is 9.18 Å². The second-order valence-corrected chi connectivity index (χ2v) is 7.48. The van der Waals surface area contributed by atoms with Crippen LogP contribution in [0.3, 0.4) is 0 Å². The summed E-state index contributed by atoms with van der Waals surface area (Å²) in [6.45, 7) is 2.80. The summed E-state index contributed by atoms with van der Waals surface area (Å²) in [6, 6.07) is 11.5. The van der Waals surface area contributed by atoms with E-state index in [-0.39, 0.29) is 11.7 Å². The maximum atomic E-state index is 13.5. The van der Waals surface area contributed by atoms with E-state index in [1.54, 1.807) is 54.2 Å². The maximum Gasteiger partial charge on any atom is 0.237 e. The first-order valence-electron chi connectivity index (χ1n) is 8.76. The number of nitrogens with one attached hydrogen (secondary N) is 1. The molecule has 144 valence electrons. The first-order chi connectivity index (χ1) is 13.6. The molecule has 0 aliphatic carbocycles. The monoisotopic (exact) mass is 399 g/mol. The number of amides is 1. The highest BCUT2D eigenvalue weighted by molar-refractivity contribution is 8.00. The molecule has 0 saturated carbocycles. The topological polar surface area (TPSA) is 65.4 Å². The van der Waals surface area contributed by atoms with E-state index in [0.29, 0.717) is 41.2 Å². The minimum absolute atomic E-state index is 0.171. The Hall–Kier alpha value is -3.00. The number of ether oxygens (including phenoxy) is 2. The van der Waals surface area contributed by atoms with Crippen LogP contribution in [0, 0.1) is 5.82 Å². The number of anilines is 1. The average Bonchev–Trinajstić information content (AvgIpc) is 3.16. The average molecular weight is 399 g/mol. The molecule has 4 rings (SSSR count). The van der Waals surface area contributed by atoms with E-state index in [4.69, 9.17) is 9.47 Å². The van der Waals surface area contributed by atoms with Crippen molar-refractivity contribution in [2.24, 2.45) is 0 Å². The van der Waals surface area contributed by atoms with Gasteiger partial charge in [-0.2, -0.15) is 0 Å². The lowest BCUT2D eigenvalue weighted by molar-refractivity contribution is -0.115. The molecule has 28 heavy (non-hydrogen) atoms. The van der Waals surface area contributed by atoms with Crippen molar-refractivity contribution in [3.8, 4) is 17.2 Å². The quantitative estimate of drug-likeness (QED) is 0.659. The number of fused-ring (bicyclic) bond motifs is 1. The Bertz CT molecular complexity index is 1010. The fraction of sp³-hybridized carbons (Fsp3) is 0.200. The zero-order valence-electron chi connectivity index (χ0n) is 15.1. The zero-order chi connectivity index (χ0) is 19.5. The Morgan fingerprint density at radius 2 is 2.04 bits per heavy atom. The number of thioether (sulfide) groups is 1. The van der Waals surface area contributed by atoms with Gasteiger partial charge in [-0.05, 0) is 37.3 Å². The number of carbonyl (C=O) groups is 1. The van der Waals surface area contributed by atoms with Crippen LogP contribution < -0.4 is 14.8 Å². The van der Waals surface area contributed by atoms with Gasteiger partial charge in [0, 0.05) is 24.1 Å². The molecule has 1 amide bonds. The number of rotatable bonds is 5. The summed E-state index contributed by atoms with van der Waals surface area (Å²) < 4.78 is 26.3. The normalized spacial score (nSPS) is 13.8. The fourth-order valence-electron chi connectivity index (χ4n) is 2.78. The summed E-state index contributed by atoms with van der Waals surface area (Å²) in [5, 5.41) is 3.07. The molecule has 1 unspecified atom stereocenters. The lowest BCUT2D eigenvalue weighted by Gasteiger charge is -2.19. The Labute approximate surface area is 165 Å². The van der Waals surface area contributed by atoms with E-state index < -0.39 is 5.25 Å². The van der Waals surface area contributed by atoms with Crippen molar-refractivity contribution in [2.75, 3.05) is 18.5 Å². The summed E-state index contributed by atoms with van der Waals surface area (Å²) in [4.78, 5) is 16.9. The van der Waals surface area contributed by atoms with Crippen LogP contribution in [-0.2, 0) is 4.79 Å². The Morgan fingerprint density at radius 1 is 1.21 bits per heavy atom. The van der Waals surface area contributed by atoms with Gasteiger partial charge in [-0.25, -0.2) is 9.37 Å². The summed E-state index contributed by atoms with van der Waals surface area (Å²) in [6.07, 6.45) is 3.36. The van der Waals surface area contributed by atoms with E-state index in [1.807, 2.05) is 0 Å². The second kappa shape index (κ2) is 7.93. The number of aromatic nitrogens is 2. The highest BCUT2D eigenvalue weighted by Crippen LogP contribution is 2.33. The van der Waals surface area contributed by atoms with E-state index in [1.165, 1.54) is 23.9 Å². The largest absolute Gasteiger partial charge is 0.486 e. The molecule has 1 aromatic heterocycles. The summed E-state index contributed by atoms with van der Waals surface area (Å²) >= 11 is 1.30. The van der Waals surface area contributed by atoms with Gasteiger partial charge in [0.05, 0.1) is 10.9 Å². The van der Waals surface area contributed by atoms with Crippen LogP contribution in [0.2, 0.25) is 0 Å². The van der Waals surface area contributed by atoms with Gasteiger partial charge in [0.15, 0.2) is 16.7 Å². The third-order valence-corrected chi connectivity index (χ3v) is 5.23. The lowest BCUT2D eigenvalue weighted by Crippen LogP contribution is -2.23. The highest BCUT2D eigenvalue weighted by atomic mass is 32.2. The third-order valence-electron chi connectivity index (χ3n) is 4.15. The van der Waals surface area contributed by atoms with Crippen LogP contribution in [0.15, 0.2) is 60.0 Å². The molecule has 1 N–H and O–H groups in total. The van der Waals surface area contributed by atoms with Gasteiger partial charge in [-0.1, -0.05) is 17.8 Å². The number of imidazole rings is 1. The Morgan fingerprint density at radius 3 is 2.86 bits per heavy atom. The number of benzene rings is 2. The molecule has 1 atom stereocenters. The molecule has 0 fully saturated rings. The summed E-state index contributed by atoms with van der Waals surface area (Å²) in [7, 11) is 0. The van der Waals surface area contributed by atoms with E-state index >= 15 is 0 Å². The van der Waals surface area contributed by atoms with Crippen LogP contribution in [0.5, 0.6) is 11.5 Å². The van der Waals surface area contributed by atoms with Crippen LogP contribution >= 0.6 is 11.8 Å². The number of nitrogens with zero attached hydrogens (tertiary/aromatic N) is 2. The van der Waals surface area contributed by atoms with E-state index in [2.05, 4.69) is 10.3 Å². The molecule has 2 heterocycles.